The van der Waals surface area contributed by atoms with Crippen molar-refractivity contribution in [2.24, 2.45) is 5.92 Å². The van der Waals surface area contributed by atoms with Gasteiger partial charge in [0.25, 0.3) is 0 Å². The van der Waals surface area contributed by atoms with Gasteiger partial charge in [-0.25, -0.2) is 0 Å². The first-order chi connectivity index (χ1) is 13.0. The number of hydrogen-bond donors (Lipinski definition) is 0. The zero-order valence-electron chi connectivity index (χ0n) is 19.1. The van der Waals surface area contributed by atoms with Gasteiger partial charge >= 0.3 is 0 Å². The molecule has 1 saturated heterocycles. The summed E-state index contributed by atoms with van der Waals surface area (Å²) in [6, 6.07) is 1.52. The summed E-state index contributed by atoms with van der Waals surface area (Å²) in [7, 11) is 0. The SMILES string of the molecule is CCCC(C)O[C@H]1CC[C@H](CCC[C@H](C)N2CCN(C(C)CC)CC2)CC1. The maximum absolute atomic E-state index is 6.22. The Hall–Kier alpha value is -0.120. The standard InChI is InChI=1S/C24H48N2O/c1-6-9-22(5)27-24-14-12-23(13-15-24)11-8-10-21(4)26-18-16-25(17-19-26)20(3)7-2/h20-24H,6-19H2,1-5H3/t20?,21-,22?,23-,24-/m0/s1. The van der Waals surface area contributed by atoms with Crippen LogP contribution < -0.4 is 0 Å². The summed E-state index contributed by atoms with van der Waals surface area (Å²) < 4.78 is 6.22. The molecule has 2 rings (SSSR count). The van der Waals surface area contributed by atoms with Gasteiger partial charge in [-0.3, -0.25) is 9.80 Å². The lowest BCUT2D eigenvalue weighted by Gasteiger charge is -2.40. The molecule has 1 heterocycles. The van der Waals surface area contributed by atoms with Crippen LogP contribution in [0.1, 0.15) is 98.8 Å². The molecule has 3 atom stereocenters. The molecule has 0 spiro atoms. The molecule has 160 valence electrons. The van der Waals surface area contributed by atoms with Crippen molar-refractivity contribution in [1.29, 1.82) is 0 Å². The molecule has 0 aromatic rings. The molecular formula is C24H48N2O. The van der Waals surface area contributed by atoms with E-state index in [0.717, 1.165) is 18.0 Å². The average molecular weight is 381 g/mol. The highest BCUT2D eigenvalue weighted by Crippen LogP contribution is 2.31. The lowest BCUT2D eigenvalue weighted by Crippen LogP contribution is -2.51. The smallest absolute Gasteiger partial charge is 0.0579 e. The normalized spacial score (nSPS) is 28.8. The number of nitrogens with zero attached hydrogens (tertiary/aromatic N) is 2. The number of piperazine rings is 1. The third-order valence-electron chi connectivity index (χ3n) is 7.33. The van der Waals surface area contributed by atoms with Gasteiger partial charge in [0.15, 0.2) is 0 Å². The van der Waals surface area contributed by atoms with Crippen LogP contribution in [0.2, 0.25) is 0 Å². The molecule has 0 aromatic heterocycles. The predicted molar refractivity (Wildman–Crippen MR) is 117 cm³/mol. The van der Waals surface area contributed by atoms with Crippen molar-refractivity contribution >= 4 is 0 Å². The van der Waals surface area contributed by atoms with E-state index in [4.69, 9.17) is 4.74 Å². The second-order valence-corrected chi connectivity index (χ2v) is 9.49. The van der Waals surface area contributed by atoms with E-state index >= 15 is 0 Å². The van der Waals surface area contributed by atoms with Gasteiger partial charge in [-0.2, -0.15) is 0 Å². The van der Waals surface area contributed by atoms with Crippen LogP contribution in [0, 0.1) is 5.92 Å². The summed E-state index contributed by atoms with van der Waals surface area (Å²) in [5.74, 6) is 0.959. The van der Waals surface area contributed by atoms with Crippen LogP contribution in [-0.4, -0.2) is 60.3 Å². The van der Waals surface area contributed by atoms with Crippen LogP contribution in [0.4, 0.5) is 0 Å². The molecule has 0 amide bonds. The minimum atomic E-state index is 0.457. The minimum absolute atomic E-state index is 0.457. The van der Waals surface area contributed by atoms with E-state index in [-0.39, 0.29) is 0 Å². The molecular weight excluding hydrogens is 332 g/mol. The van der Waals surface area contributed by atoms with E-state index in [2.05, 4.69) is 44.4 Å². The average Bonchev–Trinajstić information content (AvgIpc) is 2.69. The molecule has 2 unspecified atom stereocenters. The maximum Gasteiger partial charge on any atom is 0.0579 e. The Bertz CT molecular complexity index is 373. The maximum atomic E-state index is 6.22. The first kappa shape index (κ1) is 23.2. The molecule has 1 aliphatic heterocycles. The second-order valence-electron chi connectivity index (χ2n) is 9.49. The first-order valence-corrected chi connectivity index (χ1v) is 12.2. The molecule has 3 heteroatoms. The van der Waals surface area contributed by atoms with Gasteiger partial charge in [0.2, 0.25) is 0 Å². The van der Waals surface area contributed by atoms with E-state index in [0.29, 0.717) is 12.2 Å². The van der Waals surface area contributed by atoms with E-state index in [1.54, 1.807) is 0 Å². The van der Waals surface area contributed by atoms with E-state index < -0.39 is 0 Å². The molecule has 2 fully saturated rings. The van der Waals surface area contributed by atoms with Crippen molar-refractivity contribution in [2.75, 3.05) is 26.2 Å². The van der Waals surface area contributed by atoms with Crippen LogP contribution in [-0.2, 0) is 4.74 Å². The van der Waals surface area contributed by atoms with Gasteiger partial charge in [0.05, 0.1) is 12.2 Å². The van der Waals surface area contributed by atoms with Crippen molar-refractivity contribution in [3.63, 3.8) is 0 Å². The van der Waals surface area contributed by atoms with Crippen LogP contribution in [0.5, 0.6) is 0 Å². The number of rotatable bonds is 11. The largest absolute Gasteiger partial charge is 0.375 e. The molecule has 27 heavy (non-hydrogen) atoms. The van der Waals surface area contributed by atoms with Gasteiger partial charge in [-0.1, -0.05) is 33.1 Å². The summed E-state index contributed by atoms with van der Waals surface area (Å²) in [6.45, 7) is 16.7. The van der Waals surface area contributed by atoms with Crippen LogP contribution in [0.15, 0.2) is 0 Å². The van der Waals surface area contributed by atoms with Gasteiger partial charge in [0.1, 0.15) is 0 Å². The van der Waals surface area contributed by atoms with Crippen LogP contribution in [0.3, 0.4) is 0 Å². The third kappa shape index (κ3) is 8.03. The summed E-state index contributed by atoms with van der Waals surface area (Å²) >= 11 is 0. The second kappa shape index (κ2) is 12.4. The van der Waals surface area contributed by atoms with E-state index in [9.17, 15) is 0 Å². The van der Waals surface area contributed by atoms with Crippen molar-refractivity contribution in [3.8, 4) is 0 Å². The Morgan fingerprint density at radius 1 is 0.815 bits per heavy atom. The molecule has 0 radical (unpaired) electrons. The van der Waals surface area contributed by atoms with Gasteiger partial charge in [0, 0.05) is 38.3 Å². The quantitative estimate of drug-likeness (QED) is 0.455. The monoisotopic (exact) mass is 380 g/mol. The van der Waals surface area contributed by atoms with Crippen molar-refractivity contribution in [1.82, 2.24) is 9.80 Å². The van der Waals surface area contributed by atoms with Crippen molar-refractivity contribution in [3.05, 3.63) is 0 Å². The molecule has 0 aromatic carbocycles. The fourth-order valence-electron chi connectivity index (χ4n) is 5.12. The Labute approximate surface area is 170 Å². The highest BCUT2D eigenvalue weighted by atomic mass is 16.5. The Morgan fingerprint density at radius 2 is 1.41 bits per heavy atom. The fraction of sp³-hybridized carbons (Fsp3) is 1.00. The first-order valence-electron chi connectivity index (χ1n) is 12.2. The van der Waals surface area contributed by atoms with Crippen LogP contribution in [0.25, 0.3) is 0 Å². The number of ether oxygens (including phenoxy) is 1. The van der Waals surface area contributed by atoms with Crippen molar-refractivity contribution < 1.29 is 4.74 Å². The van der Waals surface area contributed by atoms with Gasteiger partial charge in [-0.05, 0) is 71.6 Å². The summed E-state index contributed by atoms with van der Waals surface area (Å²) in [4.78, 5) is 5.41. The highest BCUT2D eigenvalue weighted by Gasteiger charge is 2.25. The topological polar surface area (TPSA) is 15.7 Å². The lowest BCUT2D eigenvalue weighted by molar-refractivity contribution is -0.0321. The highest BCUT2D eigenvalue weighted by molar-refractivity contribution is 4.80. The van der Waals surface area contributed by atoms with Gasteiger partial charge in [-0.15, -0.1) is 0 Å². The summed E-state index contributed by atoms with van der Waals surface area (Å²) in [5, 5.41) is 0. The summed E-state index contributed by atoms with van der Waals surface area (Å²) in [6.07, 6.45) is 14.3. The van der Waals surface area contributed by atoms with E-state index in [1.807, 2.05) is 0 Å². The molecule has 0 bridgehead atoms. The zero-order chi connectivity index (χ0) is 19.6. The molecule has 1 aliphatic carbocycles. The predicted octanol–water partition coefficient (Wildman–Crippen LogP) is 5.73. The van der Waals surface area contributed by atoms with Crippen LogP contribution >= 0.6 is 0 Å². The lowest BCUT2D eigenvalue weighted by atomic mass is 9.84. The molecule has 3 nitrogen and oxygen atoms in total. The molecule has 2 aliphatic rings. The number of hydrogen-bond acceptors (Lipinski definition) is 3. The summed E-state index contributed by atoms with van der Waals surface area (Å²) in [5.41, 5.74) is 0. The van der Waals surface area contributed by atoms with Gasteiger partial charge < -0.3 is 4.74 Å². The molecule has 1 saturated carbocycles. The minimum Gasteiger partial charge on any atom is -0.375 e. The van der Waals surface area contributed by atoms with E-state index in [1.165, 1.54) is 90.4 Å². The Kier molecular flexibility index (Phi) is 10.7. The third-order valence-corrected chi connectivity index (χ3v) is 7.33. The zero-order valence-corrected chi connectivity index (χ0v) is 19.1. The fourth-order valence-corrected chi connectivity index (χ4v) is 5.12. The molecule has 0 N–H and O–H groups in total. The Morgan fingerprint density at radius 3 is 1.96 bits per heavy atom. The van der Waals surface area contributed by atoms with Crippen molar-refractivity contribution in [2.45, 2.75) is 123 Å². The Balaban J connectivity index is 1.55.